The summed E-state index contributed by atoms with van der Waals surface area (Å²) < 4.78 is 0. The Labute approximate surface area is 110 Å². The van der Waals surface area contributed by atoms with Crippen LogP contribution in [0, 0.1) is 16.0 Å². The molecule has 2 fully saturated rings. The molecule has 3 rings (SSSR count). The largest absolute Gasteiger partial charge is 0.351 e. The number of rotatable bonds is 2. The van der Waals surface area contributed by atoms with Crippen LogP contribution in [0.5, 0.6) is 0 Å². The van der Waals surface area contributed by atoms with Crippen molar-refractivity contribution in [2.24, 2.45) is 5.92 Å². The highest BCUT2D eigenvalue weighted by Crippen LogP contribution is 2.25. The zero-order valence-electron chi connectivity index (χ0n) is 10.5. The van der Waals surface area contributed by atoms with Gasteiger partial charge in [-0.05, 0) is 25.3 Å². The number of likely N-dealkylation sites (tertiary alicyclic amines) is 1. The third kappa shape index (κ3) is 2.21. The molecule has 3 heterocycles. The zero-order valence-corrected chi connectivity index (χ0v) is 10.5. The van der Waals surface area contributed by atoms with Gasteiger partial charge in [0.2, 0.25) is 0 Å². The molecule has 1 amide bonds. The summed E-state index contributed by atoms with van der Waals surface area (Å²) in [6.07, 6.45) is 3.32. The number of aromatic nitrogens is 1. The molecule has 2 unspecified atom stereocenters. The van der Waals surface area contributed by atoms with E-state index in [-0.39, 0.29) is 11.6 Å². The lowest BCUT2D eigenvalue weighted by atomic mass is 9.93. The highest BCUT2D eigenvalue weighted by Gasteiger charge is 2.35. The number of piperidine rings is 1. The van der Waals surface area contributed by atoms with Gasteiger partial charge in [-0.1, -0.05) is 0 Å². The lowest BCUT2D eigenvalue weighted by Crippen LogP contribution is -2.46. The van der Waals surface area contributed by atoms with E-state index in [0.717, 1.165) is 25.9 Å². The molecular formula is C12H16N4O3. The van der Waals surface area contributed by atoms with Crippen molar-refractivity contribution in [3.05, 3.63) is 28.1 Å². The van der Waals surface area contributed by atoms with Gasteiger partial charge in [0, 0.05) is 25.2 Å². The summed E-state index contributed by atoms with van der Waals surface area (Å²) >= 11 is 0. The van der Waals surface area contributed by atoms with Crippen LogP contribution in [0.25, 0.3) is 0 Å². The number of carbonyl (C=O) groups is 1. The maximum absolute atomic E-state index is 12.3. The molecule has 2 saturated heterocycles. The fourth-order valence-corrected chi connectivity index (χ4v) is 3.01. The summed E-state index contributed by atoms with van der Waals surface area (Å²) in [6.45, 7) is 2.47. The number of aromatic amines is 1. The molecule has 2 aliphatic rings. The number of H-pyrrole nitrogens is 1. The number of hydrogen-bond acceptors (Lipinski definition) is 4. The Bertz CT molecular complexity index is 513. The summed E-state index contributed by atoms with van der Waals surface area (Å²) in [5.41, 5.74) is 0.233. The fourth-order valence-electron chi connectivity index (χ4n) is 3.01. The Morgan fingerprint density at radius 1 is 1.47 bits per heavy atom. The van der Waals surface area contributed by atoms with E-state index >= 15 is 0 Å². The molecule has 1 aromatic heterocycles. The van der Waals surface area contributed by atoms with E-state index in [0.29, 0.717) is 24.2 Å². The molecule has 0 aromatic carbocycles. The first-order valence-electron chi connectivity index (χ1n) is 6.50. The fraction of sp³-hybridized carbons (Fsp3) is 0.583. The smallest absolute Gasteiger partial charge is 0.287 e. The van der Waals surface area contributed by atoms with E-state index in [4.69, 9.17) is 0 Å². The van der Waals surface area contributed by atoms with Crippen LogP contribution in [0.15, 0.2) is 12.3 Å². The summed E-state index contributed by atoms with van der Waals surface area (Å²) in [7, 11) is 0. The normalized spacial score (nSPS) is 26.2. The minimum atomic E-state index is -0.500. The second-order valence-corrected chi connectivity index (χ2v) is 5.18. The molecule has 0 spiro atoms. The highest BCUT2D eigenvalue weighted by molar-refractivity contribution is 5.93. The number of nitro groups is 1. The van der Waals surface area contributed by atoms with E-state index in [9.17, 15) is 14.9 Å². The number of nitrogens with one attached hydrogen (secondary N) is 2. The van der Waals surface area contributed by atoms with Gasteiger partial charge in [-0.25, -0.2) is 0 Å². The maximum atomic E-state index is 12.3. The van der Waals surface area contributed by atoms with Crippen molar-refractivity contribution in [1.29, 1.82) is 0 Å². The summed E-state index contributed by atoms with van der Waals surface area (Å²) in [5.74, 6) is 0.376. The Hall–Kier alpha value is -1.89. The van der Waals surface area contributed by atoms with Gasteiger partial charge in [-0.2, -0.15) is 0 Å². The van der Waals surface area contributed by atoms with Gasteiger partial charge in [-0.3, -0.25) is 14.9 Å². The number of hydrogen-bond donors (Lipinski definition) is 2. The van der Waals surface area contributed by atoms with Crippen molar-refractivity contribution < 1.29 is 9.72 Å². The lowest BCUT2D eigenvalue weighted by molar-refractivity contribution is -0.384. The van der Waals surface area contributed by atoms with E-state index in [2.05, 4.69) is 10.3 Å². The topological polar surface area (TPSA) is 91.3 Å². The molecule has 19 heavy (non-hydrogen) atoms. The van der Waals surface area contributed by atoms with Crippen LogP contribution in [-0.2, 0) is 0 Å². The van der Waals surface area contributed by atoms with Crippen LogP contribution >= 0.6 is 0 Å². The number of fused-ring (bicyclic) bond motifs is 1. The molecule has 0 bridgehead atoms. The Morgan fingerprint density at radius 3 is 3.05 bits per heavy atom. The van der Waals surface area contributed by atoms with Gasteiger partial charge in [0.25, 0.3) is 11.6 Å². The monoisotopic (exact) mass is 264 g/mol. The third-order valence-corrected chi connectivity index (χ3v) is 4.05. The maximum Gasteiger partial charge on any atom is 0.287 e. The van der Waals surface area contributed by atoms with Crippen LogP contribution in [0.1, 0.15) is 23.3 Å². The number of carbonyl (C=O) groups excluding carboxylic acids is 1. The molecule has 0 radical (unpaired) electrons. The zero-order chi connectivity index (χ0) is 13.4. The first-order valence-corrected chi connectivity index (χ1v) is 6.50. The molecule has 2 atom stereocenters. The minimum Gasteiger partial charge on any atom is -0.351 e. The summed E-state index contributed by atoms with van der Waals surface area (Å²) in [4.78, 5) is 26.9. The Balaban J connectivity index is 1.71. The summed E-state index contributed by atoms with van der Waals surface area (Å²) in [5, 5.41) is 14.1. The molecule has 7 nitrogen and oxygen atoms in total. The van der Waals surface area contributed by atoms with Crippen molar-refractivity contribution in [2.75, 3.05) is 19.6 Å². The molecule has 1 aromatic rings. The van der Waals surface area contributed by atoms with Gasteiger partial charge >= 0.3 is 0 Å². The standard InChI is InChI=1S/C12H16N4O3/c17-12(11-5-9(6-14-11)16(18)19)15-4-2-10-8(7-15)1-3-13-10/h5-6,8,10,13-14H,1-4,7H2. The SMILES string of the molecule is O=C(c1cc([N+](=O)[O-])c[nH]1)N1CCC2NCCC2C1. The summed E-state index contributed by atoms with van der Waals surface area (Å²) in [6, 6.07) is 1.84. The van der Waals surface area contributed by atoms with Gasteiger partial charge in [0.05, 0.1) is 11.1 Å². The second-order valence-electron chi connectivity index (χ2n) is 5.18. The second kappa shape index (κ2) is 4.65. The Kier molecular flexibility index (Phi) is 2.98. The van der Waals surface area contributed by atoms with Crippen molar-refractivity contribution in [3.63, 3.8) is 0 Å². The number of nitrogens with zero attached hydrogens (tertiary/aromatic N) is 2. The third-order valence-electron chi connectivity index (χ3n) is 4.05. The Morgan fingerprint density at radius 2 is 2.32 bits per heavy atom. The predicted molar refractivity (Wildman–Crippen MR) is 67.9 cm³/mol. The number of amides is 1. The predicted octanol–water partition coefficient (Wildman–Crippen LogP) is 0.747. The molecule has 0 aliphatic carbocycles. The lowest BCUT2D eigenvalue weighted by Gasteiger charge is -2.34. The molecular weight excluding hydrogens is 248 g/mol. The van der Waals surface area contributed by atoms with Gasteiger partial charge in [0.1, 0.15) is 5.69 Å². The molecule has 2 aliphatic heterocycles. The molecule has 2 N–H and O–H groups in total. The van der Waals surface area contributed by atoms with Crippen molar-refractivity contribution in [2.45, 2.75) is 18.9 Å². The average Bonchev–Trinajstić information content (AvgIpc) is 3.06. The van der Waals surface area contributed by atoms with Crippen LogP contribution in [0.3, 0.4) is 0 Å². The average molecular weight is 264 g/mol. The van der Waals surface area contributed by atoms with Crippen LogP contribution < -0.4 is 5.32 Å². The quantitative estimate of drug-likeness (QED) is 0.609. The van der Waals surface area contributed by atoms with Gasteiger partial charge in [0.15, 0.2) is 0 Å². The highest BCUT2D eigenvalue weighted by atomic mass is 16.6. The van der Waals surface area contributed by atoms with E-state index in [1.54, 1.807) is 4.90 Å². The first-order chi connectivity index (χ1) is 9.15. The first kappa shape index (κ1) is 12.2. The van der Waals surface area contributed by atoms with Crippen molar-refractivity contribution >= 4 is 11.6 Å². The van der Waals surface area contributed by atoms with Gasteiger partial charge < -0.3 is 15.2 Å². The van der Waals surface area contributed by atoms with E-state index < -0.39 is 4.92 Å². The van der Waals surface area contributed by atoms with Crippen LogP contribution in [0.4, 0.5) is 5.69 Å². The molecule has 0 saturated carbocycles. The minimum absolute atomic E-state index is 0.0687. The van der Waals surface area contributed by atoms with Crippen molar-refractivity contribution in [1.82, 2.24) is 15.2 Å². The van der Waals surface area contributed by atoms with E-state index in [1.165, 1.54) is 12.3 Å². The molecule has 102 valence electrons. The molecule has 7 heteroatoms. The van der Waals surface area contributed by atoms with Crippen molar-refractivity contribution in [3.8, 4) is 0 Å². The van der Waals surface area contributed by atoms with Crippen LogP contribution in [0.2, 0.25) is 0 Å². The van der Waals surface area contributed by atoms with E-state index in [1.807, 2.05) is 0 Å². The van der Waals surface area contributed by atoms with Crippen LogP contribution in [-0.4, -0.2) is 46.4 Å². The van der Waals surface area contributed by atoms with Gasteiger partial charge in [-0.15, -0.1) is 0 Å².